The zero-order chi connectivity index (χ0) is 21.2. The molecule has 0 spiro atoms. The number of rotatable bonds is 10. The normalized spacial score (nSPS) is 10.2. The third-order valence-electron chi connectivity index (χ3n) is 3.59. The Morgan fingerprint density at radius 3 is 2.52 bits per heavy atom. The quantitative estimate of drug-likeness (QED) is 0.586. The molecular formula is C20H23NO7S. The molecule has 2 rings (SSSR count). The Balaban J connectivity index is 1.98. The van der Waals surface area contributed by atoms with Crippen LogP contribution in [-0.2, 0) is 14.3 Å². The summed E-state index contributed by atoms with van der Waals surface area (Å²) >= 11 is 1.14. The number of methoxy groups -OCH3 is 1. The molecule has 156 valence electrons. The molecule has 0 fully saturated rings. The molecule has 1 amide bonds. The van der Waals surface area contributed by atoms with E-state index in [4.69, 9.17) is 14.2 Å². The molecule has 8 nitrogen and oxygen atoms in total. The van der Waals surface area contributed by atoms with Crippen LogP contribution in [0, 0.1) is 0 Å². The first-order valence-electron chi connectivity index (χ1n) is 9.02. The van der Waals surface area contributed by atoms with Crippen LogP contribution < -0.4 is 14.8 Å². The van der Waals surface area contributed by atoms with Crippen molar-refractivity contribution in [1.82, 2.24) is 0 Å². The lowest BCUT2D eigenvalue weighted by Gasteiger charge is -2.13. The Kier molecular flexibility index (Phi) is 8.47. The lowest BCUT2D eigenvalue weighted by atomic mass is 10.2. The van der Waals surface area contributed by atoms with E-state index in [2.05, 4.69) is 10.1 Å². The minimum Gasteiger partial charge on any atom is -0.490 e. The van der Waals surface area contributed by atoms with Crippen LogP contribution in [0.5, 0.6) is 11.5 Å². The van der Waals surface area contributed by atoms with Crippen LogP contribution in [0.25, 0.3) is 0 Å². The highest BCUT2D eigenvalue weighted by Gasteiger charge is 2.18. The van der Waals surface area contributed by atoms with Crippen molar-refractivity contribution >= 4 is 34.9 Å². The Morgan fingerprint density at radius 1 is 1.03 bits per heavy atom. The summed E-state index contributed by atoms with van der Waals surface area (Å²) in [4.78, 5) is 36.3. The molecule has 0 aliphatic carbocycles. The van der Waals surface area contributed by atoms with Crippen LogP contribution in [0.1, 0.15) is 40.3 Å². The standard InChI is InChI=1S/C20H23NO7S/c1-4-9-27-15-7-6-13(11-16(15)26-5-2)19(23)28-12-17(22)21-14-8-10-29-18(14)20(24)25-3/h6-8,10-11H,4-5,9,12H2,1-3H3,(H,21,22). The van der Waals surface area contributed by atoms with Gasteiger partial charge in [-0.3, -0.25) is 4.79 Å². The molecule has 0 aliphatic heterocycles. The second-order valence-corrected chi connectivity index (χ2v) is 6.64. The molecule has 0 saturated carbocycles. The van der Waals surface area contributed by atoms with Crippen molar-refractivity contribution in [2.75, 3.05) is 32.2 Å². The van der Waals surface area contributed by atoms with E-state index in [0.717, 1.165) is 17.8 Å². The number of amides is 1. The van der Waals surface area contributed by atoms with E-state index in [1.165, 1.54) is 13.2 Å². The number of anilines is 1. The van der Waals surface area contributed by atoms with E-state index >= 15 is 0 Å². The van der Waals surface area contributed by atoms with Gasteiger partial charge in [-0.05, 0) is 43.0 Å². The van der Waals surface area contributed by atoms with E-state index in [1.807, 2.05) is 13.8 Å². The minimum absolute atomic E-state index is 0.232. The van der Waals surface area contributed by atoms with Crippen LogP contribution >= 0.6 is 11.3 Å². The predicted octanol–water partition coefficient (Wildman–Crippen LogP) is 3.52. The van der Waals surface area contributed by atoms with E-state index < -0.39 is 24.5 Å². The molecule has 9 heteroatoms. The average molecular weight is 421 g/mol. The van der Waals surface area contributed by atoms with Crippen molar-refractivity contribution < 1.29 is 33.3 Å². The Labute approximate surface area is 172 Å². The molecule has 0 saturated heterocycles. The van der Waals surface area contributed by atoms with Crippen molar-refractivity contribution in [3.05, 3.63) is 40.1 Å². The summed E-state index contributed by atoms with van der Waals surface area (Å²) in [7, 11) is 1.25. The molecule has 0 unspecified atom stereocenters. The van der Waals surface area contributed by atoms with Gasteiger partial charge >= 0.3 is 11.9 Å². The summed E-state index contributed by atoms with van der Waals surface area (Å²) in [5, 5.41) is 4.17. The van der Waals surface area contributed by atoms with E-state index in [-0.39, 0.29) is 10.4 Å². The number of hydrogen-bond acceptors (Lipinski definition) is 8. The largest absolute Gasteiger partial charge is 0.490 e. The second-order valence-electron chi connectivity index (χ2n) is 5.72. The van der Waals surface area contributed by atoms with Crippen LogP contribution in [0.4, 0.5) is 5.69 Å². The molecule has 0 radical (unpaired) electrons. The van der Waals surface area contributed by atoms with Gasteiger partial charge in [0, 0.05) is 0 Å². The van der Waals surface area contributed by atoms with Crippen molar-refractivity contribution in [3.8, 4) is 11.5 Å². The maximum absolute atomic E-state index is 12.3. The summed E-state index contributed by atoms with van der Waals surface area (Å²) in [6.07, 6.45) is 0.840. The third-order valence-corrected chi connectivity index (χ3v) is 4.48. The number of carbonyl (C=O) groups is 3. The summed E-state index contributed by atoms with van der Waals surface area (Å²) in [6, 6.07) is 6.26. The SMILES string of the molecule is CCCOc1ccc(C(=O)OCC(=O)Nc2ccsc2C(=O)OC)cc1OCC. The van der Waals surface area contributed by atoms with Crippen molar-refractivity contribution in [2.24, 2.45) is 0 Å². The topological polar surface area (TPSA) is 100 Å². The number of esters is 2. The van der Waals surface area contributed by atoms with Gasteiger partial charge in [0.15, 0.2) is 18.1 Å². The van der Waals surface area contributed by atoms with Gasteiger partial charge in [-0.25, -0.2) is 9.59 Å². The minimum atomic E-state index is -0.679. The molecular weight excluding hydrogens is 398 g/mol. The highest BCUT2D eigenvalue weighted by Crippen LogP contribution is 2.29. The number of ether oxygens (including phenoxy) is 4. The van der Waals surface area contributed by atoms with Gasteiger partial charge in [-0.2, -0.15) is 0 Å². The van der Waals surface area contributed by atoms with Gasteiger partial charge in [-0.1, -0.05) is 6.92 Å². The molecule has 1 heterocycles. The second kappa shape index (κ2) is 11.1. The zero-order valence-corrected chi connectivity index (χ0v) is 17.3. The molecule has 1 aromatic heterocycles. The molecule has 2 aromatic rings. The van der Waals surface area contributed by atoms with Gasteiger partial charge in [0.1, 0.15) is 4.88 Å². The first-order chi connectivity index (χ1) is 14.0. The van der Waals surface area contributed by atoms with Crippen LogP contribution in [-0.4, -0.2) is 44.8 Å². The fourth-order valence-electron chi connectivity index (χ4n) is 2.29. The third kappa shape index (κ3) is 6.21. The first-order valence-corrected chi connectivity index (χ1v) is 9.90. The predicted molar refractivity (Wildman–Crippen MR) is 108 cm³/mol. The first kappa shape index (κ1) is 22.2. The summed E-state index contributed by atoms with van der Waals surface area (Å²) in [5.41, 5.74) is 0.537. The lowest BCUT2D eigenvalue weighted by Crippen LogP contribution is -2.21. The Morgan fingerprint density at radius 2 is 1.83 bits per heavy atom. The number of thiophene rings is 1. The van der Waals surface area contributed by atoms with E-state index in [9.17, 15) is 14.4 Å². The molecule has 1 N–H and O–H groups in total. The molecule has 29 heavy (non-hydrogen) atoms. The van der Waals surface area contributed by atoms with Crippen LogP contribution in [0.3, 0.4) is 0 Å². The molecule has 0 aliphatic rings. The van der Waals surface area contributed by atoms with Gasteiger partial charge < -0.3 is 24.3 Å². The lowest BCUT2D eigenvalue weighted by molar-refractivity contribution is -0.119. The fraction of sp³-hybridized carbons (Fsp3) is 0.350. The van der Waals surface area contributed by atoms with Crippen molar-refractivity contribution in [3.63, 3.8) is 0 Å². The summed E-state index contributed by atoms with van der Waals surface area (Å²) in [6.45, 7) is 4.24. The molecule has 0 atom stereocenters. The Bertz CT molecular complexity index is 862. The smallest absolute Gasteiger partial charge is 0.350 e. The average Bonchev–Trinajstić information content (AvgIpc) is 3.18. The van der Waals surface area contributed by atoms with Crippen LogP contribution in [0.2, 0.25) is 0 Å². The maximum atomic E-state index is 12.3. The summed E-state index contributed by atoms with van der Waals surface area (Å²) < 4.78 is 20.8. The number of benzene rings is 1. The number of nitrogens with one attached hydrogen (secondary N) is 1. The highest BCUT2D eigenvalue weighted by atomic mass is 32.1. The maximum Gasteiger partial charge on any atom is 0.350 e. The summed E-state index contributed by atoms with van der Waals surface area (Å²) in [5.74, 6) is -0.839. The van der Waals surface area contributed by atoms with Gasteiger partial charge in [0.2, 0.25) is 0 Å². The van der Waals surface area contributed by atoms with Crippen molar-refractivity contribution in [1.29, 1.82) is 0 Å². The van der Waals surface area contributed by atoms with E-state index in [1.54, 1.807) is 23.6 Å². The molecule has 1 aromatic carbocycles. The monoisotopic (exact) mass is 421 g/mol. The fourth-order valence-corrected chi connectivity index (χ4v) is 3.06. The number of hydrogen-bond donors (Lipinski definition) is 1. The van der Waals surface area contributed by atoms with Crippen molar-refractivity contribution in [2.45, 2.75) is 20.3 Å². The Hall–Kier alpha value is -3.07. The van der Waals surface area contributed by atoms with Gasteiger partial charge in [-0.15, -0.1) is 11.3 Å². The highest BCUT2D eigenvalue weighted by molar-refractivity contribution is 7.12. The van der Waals surface area contributed by atoms with Gasteiger partial charge in [0.25, 0.3) is 5.91 Å². The number of carbonyl (C=O) groups excluding carboxylic acids is 3. The van der Waals surface area contributed by atoms with Gasteiger partial charge in [0.05, 0.1) is 31.6 Å². The van der Waals surface area contributed by atoms with E-state index in [0.29, 0.717) is 30.4 Å². The zero-order valence-electron chi connectivity index (χ0n) is 16.5. The molecule has 0 bridgehead atoms. The van der Waals surface area contributed by atoms with Crippen LogP contribution in [0.15, 0.2) is 29.6 Å².